The van der Waals surface area contributed by atoms with Crippen molar-refractivity contribution >= 4 is 19.4 Å². The van der Waals surface area contributed by atoms with Crippen molar-refractivity contribution in [1.29, 1.82) is 0 Å². The molecule has 88 valence electrons. The van der Waals surface area contributed by atoms with Crippen molar-refractivity contribution in [3.05, 3.63) is 11.8 Å². The van der Waals surface area contributed by atoms with Crippen LogP contribution in [0, 0.1) is 0 Å². The minimum Gasteiger partial charge on any atom is -0.465 e. The number of aromatic nitrogens is 2. The molecular formula is C11H19BN2O2. The monoisotopic (exact) mass is 222 g/mol. The highest BCUT2D eigenvalue weighted by Gasteiger charge is 2.25. The summed E-state index contributed by atoms with van der Waals surface area (Å²) in [5, 5.41) is 4.41. The Morgan fingerprint density at radius 3 is 2.56 bits per heavy atom. The zero-order valence-corrected chi connectivity index (χ0v) is 10.7. The third-order valence-electron chi connectivity index (χ3n) is 3.38. The van der Waals surface area contributed by atoms with E-state index in [2.05, 4.69) is 25.9 Å². The van der Waals surface area contributed by atoms with Gasteiger partial charge in [-0.1, -0.05) is 13.8 Å². The standard InChI is InChI=1S/C11H19BN2O2/c1-5-11(3,6-2)14-7-8(9(12)13-14)10(15)16-4/h7H,5-6,12H2,1-4H3. The fourth-order valence-corrected chi connectivity index (χ4v) is 1.62. The molecule has 0 bridgehead atoms. The topological polar surface area (TPSA) is 44.1 Å². The average Bonchev–Trinajstić information content (AvgIpc) is 2.69. The summed E-state index contributed by atoms with van der Waals surface area (Å²) in [4.78, 5) is 11.5. The first-order chi connectivity index (χ1) is 7.48. The molecule has 0 aromatic carbocycles. The number of hydrogen-bond acceptors (Lipinski definition) is 3. The van der Waals surface area contributed by atoms with E-state index in [9.17, 15) is 4.79 Å². The highest BCUT2D eigenvalue weighted by molar-refractivity contribution is 6.34. The number of carbonyl (C=O) groups is 1. The van der Waals surface area contributed by atoms with Crippen LogP contribution in [0.1, 0.15) is 44.0 Å². The van der Waals surface area contributed by atoms with Crippen molar-refractivity contribution < 1.29 is 9.53 Å². The number of carbonyl (C=O) groups excluding carboxylic acids is 1. The summed E-state index contributed by atoms with van der Waals surface area (Å²) in [6.07, 6.45) is 3.74. The first-order valence-electron chi connectivity index (χ1n) is 5.63. The van der Waals surface area contributed by atoms with Gasteiger partial charge in [-0.2, -0.15) is 5.10 Å². The van der Waals surface area contributed by atoms with Gasteiger partial charge in [0, 0.05) is 11.8 Å². The maximum absolute atomic E-state index is 11.5. The first-order valence-corrected chi connectivity index (χ1v) is 5.63. The third kappa shape index (κ3) is 2.13. The predicted octanol–water partition coefficient (Wildman–Crippen LogP) is 0.463. The van der Waals surface area contributed by atoms with Crippen LogP contribution < -0.4 is 5.59 Å². The highest BCUT2D eigenvalue weighted by Crippen LogP contribution is 2.23. The van der Waals surface area contributed by atoms with Crippen LogP contribution in [0.2, 0.25) is 0 Å². The largest absolute Gasteiger partial charge is 0.465 e. The summed E-state index contributed by atoms with van der Waals surface area (Å²) < 4.78 is 6.60. The molecule has 0 saturated heterocycles. The van der Waals surface area contributed by atoms with Gasteiger partial charge in [0.1, 0.15) is 0 Å². The van der Waals surface area contributed by atoms with Gasteiger partial charge in [-0.15, -0.1) is 0 Å². The Morgan fingerprint density at radius 1 is 1.56 bits per heavy atom. The zero-order chi connectivity index (χ0) is 12.3. The van der Waals surface area contributed by atoms with Crippen molar-refractivity contribution in [3.63, 3.8) is 0 Å². The van der Waals surface area contributed by atoms with Gasteiger partial charge < -0.3 is 4.74 Å². The van der Waals surface area contributed by atoms with Gasteiger partial charge >= 0.3 is 5.97 Å². The van der Waals surface area contributed by atoms with Crippen molar-refractivity contribution in [3.8, 4) is 0 Å². The third-order valence-corrected chi connectivity index (χ3v) is 3.38. The summed E-state index contributed by atoms with van der Waals surface area (Å²) in [7, 11) is 3.21. The van der Waals surface area contributed by atoms with Crippen LogP contribution in [-0.4, -0.2) is 30.7 Å². The van der Waals surface area contributed by atoms with Gasteiger partial charge in [0.15, 0.2) is 7.85 Å². The van der Waals surface area contributed by atoms with Crippen LogP contribution in [0.15, 0.2) is 6.20 Å². The lowest BCUT2D eigenvalue weighted by atomic mass is 9.96. The molecule has 1 rings (SSSR count). The fraction of sp³-hybridized carbons (Fsp3) is 0.636. The maximum atomic E-state index is 11.5. The Hall–Kier alpha value is -1.26. The van der Waals surface area contributed by atoms with Gasteiger partial charge in [-0.3, -0.25) is 4.68 Å². The van der Waals surface area contributed by atoms with E-state index >= 15 is 0 Å². The van der Waals surface area contributed by atoms with E-state index in [0.29, 0.717) is 5.56 Å². The second-order valence-electron chi connectivity index (χ2n) is 4.27. The normalized spacial score (nSPS) is 11.5. The molecule has 5 heteroatoms. The molecule has 0 aliphatic heterocycles. The van der Waals surface area contributed by atoms with E-state index in [1.54, 1.807) is 6.20 Å². The van der Waals surface area contributed by atoms with E-state index < -0.39 is 0 Å². The smallest absolute Gasteiger partial charge is 0.340 e. The Kier molecular flexibility index (Phi) is 3.78. The number of esters is 1. The molecule has 1 aromatic heterocycles. The SMILES string of the molecule is Bc1nn(C(C)(CC)CC)cc1C(=O)OC. The molecule has 1 aromatic rings. The second kappa shape index (κ2) is 4.72. The molecule has 0 spiro atoms. The highest BCUT2D eigenvalue weighted by atomic mass is 16.5. The number of rotatable bonds is 4. The lowest BCUT2D eigenvalue weighted by Gasteiger charge is -2.27. The minimum absolute atomic E-state index is 0.0307. The van der Waals surface area contributed by atoms with E-state index in [0.717, 1.165) is 18.4 Å². The van der Waals surface area contributed by atoms with Gasteiger partial charge in [0.05, 0.1) is 18.2 Å². The molecule has 0 radical (unpaired) electrons. The summed E-state index contributed by atoms with van der Waals surface area (Å²) in [6.45, 7) is 6.39. The molecule has 1 heterocycles. The van der Waals surface area contributed by atoms with Crippen LogP contribution in [-0.2, 0) is 10.3 Å². The number of ether oxygens (including phenoxy) is 1. The van der Waals surface area contributed by atoms with Crippen LogP contribution in [0.5, 0.6) is 0 Å². The molecule has 0 fully saturated rings. The molecule has 0 atom stereocenters. The van der Waals surface area contributed by atoms with Crippen LogP contribution >= 0.6 is 0 Å². The summed E-state index contributed by atoms with van der Waals surface area (Å²) >= 11 is 0. The molecule has 0 amide bonds. The molecule has 16 heavy (non-hydrogen) atoms. The van der Waals surface area contributed by atoms with Crippen LogP contribution in [0.4, 0.5) is 0 Å². The van der Waals surface area contributed by atoms with E-state index in [1.807, 2.05) is 12.5 Å². The quantitative estimate of drug-likeness (QED) is 0.549. The van der Waals surface area contributed by atoms with Crippen molar-refractivity contribution in [2.75, 3.05) is 7.11 Å². The summed E-state index contributed by atoms with van der Waals surface area (Å²) in [6, 6.07) is 0. The zero-order valence-electron chi connectivity index (χ0n) is 10.7. The van der Waals surface area contributed by atoms with Gasteiger partial charge in [0.25, 0.3) is 0 Å². The van der Waals surface area contributed by atoms with Crippen molar-refractivity contribution in [1.82, 2.24) is 9.78 Å². The Balaban J connectivity index is 3.14. The van der Waals surface area contributed by atoms with Gasteiger partial charge in [0.2, 0.25) is 0 Å². The Morgan fingerprint density at radius 2 is 2.12 bits per heavy atom. The number of hydrogen-bond donors (Lipinski definition) is 0. The van der Waals surface area contributed by atoms with Crippen molar-refractivity contribution in [2.45, 2.75) is 39.2 Å². The van der Waals surface area contributed by atoms with E-state index in [4.69, 9.17) is 4.74 Å². The van der Waals surface area contributed by atoms with Gasteiger partial charge in [-0.05, 0) is 19.8 Å². The lowest BCUT2D eigenvalue weighted by Crippen LogP contribution is -2.30. The molecule has 0 aliphatic rings. The minimum atomic E-state index is -0.321. The Bertz CT molecular complexity index is 383. The average molecular weight is 222 g/mol. The van der Waals surface area contributed by atoms with Crippen LogP contribution in [0.3, 0.4) is 0 Å². The van der Waals surface area contributed by atoms with E-state index in [-0.39, 0.29) is 11.5 Å². The first kappa shape index (κ1) is 12.8. The predicted molar refractivity (Wildman–Crippen MR) is 66.0 cm³/mol. The number of methoxy groups -OCH3 is 1. The molecule has 4 nitrogen and oxygen atoms in total. The molecular weight excluding hydrogens is 203 g/mol. The fourth-order valence-electron chi connectivity index (χ4n) is 1.62. The number of nitrogens with zero attached hydrogens (tertiary/aromatic N) is 2. The summed E-state index contributed by atoms with van der Waals surface area (Å²) in [5.41, 5.74) is 1.24. The second-order valence-corrected chi connectivity index (χ2v) is 4.27. The van der Waals surface area contributed by atoms with Crippen molar-refractivity contribution in [2.24, 2.45) is 0 Å². The molecule has 0 N–H and O–H groups in total. The Labute approximate surface area is 97.4 Å². The molecule has 0 saturated carbocycles. The molecule has 0 aliphatic carbocycles. The summed E-state index contributed by atoms with van der Waals surface area (Å²) in [5.74, 6) is -0.321. The maximum Gasteiger partial charge on any atom is 0.340 e. The van der Waals surface area contributed by atoms with E-state index in [1.165, 1.54) is 7.11 Å². The van der Waals surface area contributed by atoms with Crippen LogP contribution in [0.25, 0.3) is 0 Å². The lowest BCUT2D eigenvalue weighted by molar-refractivity contribution is 0.0602. The van der Waals surface area contributed by atoms with Gasteiger partial charge in [-0.25, -0.2) is 4.79 Å². The molecule has 0 unspecified atom stereocenters.